The van der Waals surface area contributed by atoms with E-state index in [4.69, 9.17) is 4.42 Å². The molecule has 2 heterocycles. The molecule has 0 bridgehead atoms. The molecule has 64 heavy (non-hydrogen) atoms. The van der Waals surface area contributed by atoms with Crippen LogP contribution in [0.2, 0.25) is 0 Å². The lowest BCUT2D eigenvalue weighted by atomic mass is 9.36. The minimum atomic E-state index is -0.129. The third kappa shape index (κ3) is 7.86. The van der Waals surface area contributed by atoms with Crippen LogP contribution in [-0.2, 0) is 28.1 Å². The molecule has 0 radical (unpaired) electrons. The van der Waals surface area contributed by atoms with E-state index in [1.807, 2.05) is 0 Å². The lowest BCUT2D eigenvalue weighted by Gasteiger charge is -2.46. The van der Waals surface area contributed by atoms with Crippen LogP contribution < -0.4 is 16.6 Å². The van der Waals surface area contributed by atoms with Crippen molar-refractivity contribution in [3.05, 3.63) is 182 Å². The van der Waals surface area contributed by atoms with E-state index in [0.29, 0.717) is 0 Å². The predicted octanol–water partition coefficient (Wildman–Crippen LogP) is 14.7. The van der Waals surface area contributed by atoms with Gasteiger partial charge in [0.15, 0.2) is 0 Å². The molecule has 1 aromatic heterocycles. The topological polar surface area (TPSA) is 13.1 Å². The smallest absolute Gasteiger partial charge is 0.290 e. The quantitative estimate of drug-likeness (QED) is 0.152. The first kappa shape index (κ1) is 43.6. The summed E-state index contributed by atoms with van der Waals surface area (Å²) in [6, 6.07) is 41.5. The standard InChI is InChI=1S/C62H67BO/c1-39-19-30-55-52(35-39)49(26-22-44-21-25-48(60(8,9)10)37-51(44)43-17-15-14-16-18-43)58(64-55)63-54-29-28-53-56(50(54)27-23-45-34-40(2)33-42(4)57(45)63)62(13,32-31-61(53,11)12)38-46-36-47(59(5,6)7)24-20-41(46)3/h14-30,33-37H,31-32,38H2,1-13H3/b26-22-. The fourth-order valence-electron chi connectivity index (χ4n) is 11.0. The predicted molar refractivity (Wildman–Crippen MR) is 280 cm³/mol. The second kappa shape index (κ2) is 15.8. The molecule has 1 atom stereocenters. The van der Waals surface area contributed by atoms with Crippen molar-refractivity contribution in [1.29, 1.82) is 0 Å². The van der Waals surface area contributed by atoms with Gasteiger partial charge < -0.3 is 4.42 Å². The Bertz CT molecular complexity index is 3010. The molecular formula is C62H67BO. The zero-order valence-electron chi connectivity index (χ0n) is 40.8. The van der Waals surface area contributed by atoms with Gasteiger partial charge >= 0.3 is 0 Å². The molecule has 1 aliphatic carbocycles. The maximum absolute atomic E-state index is 7.33. The van der Waals surface area contributed by atoms with E-state index in [1.165, 1.54) is 88.8 Å². The molecule has 1 nitrogen and oxygen atoms in total. The van der Waals surface area contributed by atoms with E-state index < -0.39 is 0 Å². The van der Waals surface area contributed by atoms with Crippen molar-refractivity contribution < 1.29 is 4.42 Å². The first-order valence-corrected chi connectivity index (χ1v) is 23.7. The van der Waals surface area contributed by atoms with E-state index in [1.54, 1.807) is 0 Å². The molecule has 9 rings (SSSR count). The van der Waals surface area contributed by atoms with Gasteiger partial charge in [0.1, 0.15) is 5.58 Å². The van der Waals surface area contributed by atoms with Crippen molar-refractivity contribution in [2.24, 2.45) is 0 Å². The molecule has 1 aliphatic heterocycles. The number of rotatable bonds is 6. The first-order chi connectivity index (χ1) is 30.2. The number of aryl methyl sites for hydroxylation is 4. The van der Waals surface area contributed by atoms with Crippen LogP contribution in [0, 0.1) is 27.7 Å². The molecule has 0 fully saturated rings. The Hall–Kier alpha value is -5.60. The summed E-state index contributed by atoms with van der Waals surface area (Å²) in [6.07, 6.45) is 12.9. The van der Waals surface area contributed by atoms with Gasteiger partial charge in [-0.3, -0.25) is 0 Å². The maximum Gasteiger partial charge on any atom is 0.290 e. The molecule has 0 amide bonds. The second-order valence-electron chi connectivity index (χ2n) is 22.5. The highest BCUT2D eigenvalue weighted by molar-refractivity contribution is 6.96. The molecule has 0 saturated carbocycles. The lowest BCUT2D eigenvalue weighted by molar-refractivity contribution is 0.310. The summed E-state index contributed by atoms with van der Waals surface area (Å²) in [6.45, 7) is 30.3. The highest BCUT2D eigenvalue weighted by atomic mass is 16.3. The Morgan fingerprint density at radius 1 is 0.656 bits per heavy atom. The summed E-state index contributed by atoms with van der Waals surface area (Å²) < 4.78 is 7.33. The highest BCUT2D eigenvalue weighted by Crippen LogP contribution is 2.50. The minimum Gasteiger partial charge on any atom is -0.470 e. The Labute approximate surface area is 384 Å². The summed E-state index contributed by atoms with van der Waals surface area (Å²) in [5.41, 5.74) is 24.5. The molecule has 6 aromatic carbocycles. The van der Waals surface area contributed by atoms with Crippen molar-refractivity contribution in [3.63, 3.8) is 0 Å². The molecule has 7 aromatic rings. The van der Waals surface area contributed by atoms with Crippen LogP contribution in [-0.4, -0.2) is 6.71 Å². The number of furan rings is 1. The maximum atomic E-state index is 7.33. The van der Waals surface area contributed by atoms with E-state index in [9.17, 15) is 0 Å². The zero-order chi connectivity index (χ0) is 45.5. The number of benzene rings is 6. The van der Waals surface area contributed by atoms with E-state index in [0.717, 1.165) is 41.5 Å². The van der Waals surface area contributed by atoms with Crippen molar-refractivity contribution in [2.45, 2.75) is 131 Å². The van der Waals surface area contributed by atoms with Crippen LogP contribution in [0.5, 0.6) is 0 Å². The van der Waals surface area contributed by atoms with Gasteiger partial charge in [-0.05, 0) is 142 Å². The van der Waals surface area contributed by atoms with Gasteiger partial charge in [-0.1, -0.05) is 211 Å². The molecule has 2 aliphatic rings. The van der Waals surface area contributed by atoms with Crippen LogP contribution in [0.1, 0.15) is 147 Å². The Balaban J connectivity index is 1.30. The summed E-state index contributed by atoms with van der Waals surface area (Å²) in [5, 5.41) is 1.15. The SMILES string of the molecule is Cc1cc(C)c2c(c1)C=Cc1c(ccc3c1C(C)(Cc1cc(C(C)(C)C)ccc1C)CCC3(C)C)B2c1oc2ccc(C)cc2c1/C=C\c1ccc(C(C)(C)C)cc1-c1ccccc1. The van der Waals surface area contributed by atoms with Gasteiger partial charge in [0.25, 0.3) is 6.71 Å². The largest absolute Gasteiger partial charge is 0.470 e. The number of fused-ring (bicyclic) bond motifs is 5. The normalized spacial score (nSPS) is 17.1. The van der Waals surface area contributed by atoms with E-state index in [2.05, 4.69) is 224 Å². The van der Waals surface area contributed by atoms with E-state index >= 15 is 0 Å². The molecule has 2 heteroatoms. The molecule has 324 valence electrons. The van der Waals surface area contributed by atoms with Crippen molar-refractivity contribution >= 4 is 58.6 Å². The Kier molecular flexibility index (Phi) is 10.8. The van der Waals surface area contributed by atoms with Crippen molar-refractivity contribution in [2.75, 3.05) is 0 Å². The third-order valence-corrected chi connectivity index (χ3v) is 14.9. The molecule has 0 spiro atoms. The minimum absolute atomic E-state index is 0.0293. The van der Waals surface area contributed by atoms with Gasteiger partial charge in [0.2, 0.25) is 0 Å². The summed E-state index contributed by atoms with van der Waals surface area (Å²) >= 11 is 0. The van der Waals surface area contributed by atoms with Gasteiger partial charge in [0.05, 0.1) is 5.66 Å². The van der Waals surface area contributed by atoms with Gasteiger partial charge in [-0.2, -0.15) is 0 Å². The second-order valence-corrected chi connectivity index (χ2v) is 22.5. The van der Waals surface area contributed by atoms with Crippen LogP contribution in [0.4, 0.5) is 0 Å². The number of hydrogen-bond donors (Lipinski definition) is 0. The number of hydrogen-bond acceptors (Lipinski definition) is 1. The Morgan fingerprint density at radius 3 is 2.11 bits per heavy atom. The molecular weight excluding hydrogens is 771 g/mol. The lowest BCUT2D eigenvalue weighted by Crippen LogP contribution is -2.55. The van der Waals surface area contributed by atoms with Gasteiger partial charge in [0, 0.05) is 10.9 Å². The van der Waals surface area contributed by atoms with Crippen LogP contribution in [0.25, 0.3) is 46.4 Å². The average molecular weight is 839 g/mol. The zero-order valence-corrected chi connectivity index (χ0v) is 40.8. The van der Waals surface area contributed by atoms with Gasteiger partial charge in [-0.15, -0.1) is 0 Å². The van der Waals surface area contributed by atoms with Crippen LogP contribution in [0.15, 0.2) is 114 Å². The van der Waals surface area contributed by atoms with Crippen LogP contribution >= 0.6 is 0 Å². The van der Waals surface area contributed by atoms with Gasteiger partial charge in [-0.25, -0.2) is 0 Å². The fourth-order valence-corrected chi connectivity index (χ4v) is 11.0. The summed E-state index contributed by atoms with van der Waals surface area (Å²) in [5.74, 6) is 0. The molecule has 1 unspecified atom stereocenters. The van der Waals surface area contributed by atoms with Crippen molar-refractivity contribution in [1.82, 2.24) is 0 Å². The Morgan fingerprint density at radius 2 is 1.38 bits per heavy atom. The summed E-state index contributed by atoms with van der Waals surface area (Å²) in [7, 11) is 0. The highest BCUT2D eigenvalue weighted by Gasteiger charge is 2.44. The van der Waals surface area contributed by atoms with Crippen molar-refractivity contribution in [3.8, 4) is 11.1 Å². The monoisotopic (exact) mass is 839 g/mol. The average Bonchev–Trinajstić information content (AvgIpc) is 3.49. The third-order valence-electron chi connectivity index (χ3n) is 14.9. The van der Waals surface area contributed by atoms with E-state index in [-0.39, 0.29) is 28.4 Å². The summed E-state index contributed by atoms with van der Waals surface area (Å²) in [4.78, 5) is 0. The first-order valence-electron chi connectivity index (χ1n) is 23.7. The molecule has 0 N–H and O–H groups in total. The molecule has 0 saturated heterocycles. The fraction of sp³-hybridized carbons (Fsp3) is 0.323. The van der Waals surface area contributed by atoms with Crippen LogP contribution in [0.3, 0.4) is 0 Å².